The van der Waals surface area contributed by atoms with Gasteiger partial charge >= 0.3 is 5.97 Å². The quantitative estimate of drug-likeness (QED) is 0.506. The molecule has 0 aliphatic heterocycles. The van der Waals surface area contributed by atoms with Crippen LogP contribution in [-0.4, -0.2) is 37.5 Å². The van der Waals surface area contributed by atoms with Crippen LogP contribution in [0.5, 0.6) is 5.75 Å². The van der Waals surface area contributed by atoms with Crippen molar-refractivity contribution < 1.29 is 23.5 Å². The Kier molecular flexibility index (Phi) is 6.49. The molecule has 3 rings (SSSR count). The maximum atomic E-state index is 13.8. The normalized spacial score (nSPS) is 10.6. The van der Waals surface area contributed by atoms with Crippen LogP contribution in [0.4, 0.5) is 4.39 Å². The number of likely N-dealkylation sites (N-methyl/N-ethyl adjacent to an activating group) is 1. The fourth-order valence-corrected chi connectivity index (χ4v) is 3.16. The summed E-state index contributed by atoms with van der Waals surface area (Å²) < 4.78 is 24.5. The van der Waals surface area contributed by atoms with Gasteiger partial charge in [0.15, 0.2) is 6.61 Å². The van der Waals surface area contributed by atoms with Gasteiger partial charge in [-0.25, -0.2) is 9.18 Å². The summed E-state index contributed by atoms with van der Waals surface area (Å²) in [6.45, 7) is -0.111. The van der Waals surface area contributed by atoms with Crippen molar-refractivity contribution in [2.24, 2.45) is 0 Å². The van der Waals surface area contributed by atoms with Crippen LogP contribution in [0.3, 0.4) is 0 Å². The lowest BCUT2D eigenvalue weighted by Crippen LogP contribution is -2.30. The summed E-state index contributed by atoms with van der Waals surface area (Å²) in [7, 11) is 3.24. The van der Waals surface area contributed by atoms with Crippen LogP contribution < -0.4 is 4.74 Å². The number of methoxy groups -OCH3 is 1. The minimum absolute atomic E-state index is 0.214. The molecule has 29 heavy (non-hydrogen) atoms. The van der Waals surface area contributed by atoms with Crippen molar-refractivity contribution in [2.45, 2.75) is 6.54 Å². The molecule has 0 aliphatic carbocycles. The third-order valence-corrected chi connectivity index (χ3v) is 4.93. The van der Waals surface area contributed by atoms with Crippen LogP contribution in [0.2, 0.25) is 0 Å². The Hall–Kier alpha value is -2.93. The Morgan fingerprint density at radius 2 is 1.76 bits per heavy atom. The Labute approximate surface area is 176 Å². The van der Waals surface area contributed by atoms with Gasteiger partial charge in [-0.15, -0.1) is 0 Å². The van der Waals surface area contributed by atoms with Gasteiger partial charge in [-0.05, 0) is 52.7 Å². The van der Waals surface area contributed by atoms with Crippen LogP contribution in [0.15, 0.2) is 59.1 Å². The number of amides is 1. The molecule has 0 radical (unpaired) electrons. The summed E-state index contributed by atoms with van der Waals surface area (Å²) in [5.74, 6) is -1.19. The van der Waals surface area contributed by atoms with Crippen molar-refractivity contribution in [3.8, 4) is 5.75 Å². The number of carbonyl (C=O) groups excluding carboxylic acids is 2. The summed E-state index contributed by atoms with van der Waals surface area (Å²) in [5, 5.41) is 2.06. The van der Waals surface area contributed by atoms with E-state index in [0.717, 1.165) is 22.1 Å². The van der Waals surface area contributed by atoms with Gasteiger partial charge in [0.1, 0.15) is 11.6 Å². The van der Waals surface area contributed by atoms with Gasteiger partial charge in [0.05, 0.1) is 12.7 Å². The summed E-state index contributed by atoms with van der Waals surface area (Å²) >= 11 is 3.12. The van der Waals surface area contributed by atoms with Crippen LogP contribution in [0, 0.1) is 5.82 Å². The second-order valence-electron chi connectivity index (χ2n) is 6.50. The summed E-state index contributed by atoms with van der Waals surface area (Å²) in [4.78, 5) is 25.8. The Morgan fingerprint density at radius 1 is 1.03 bits per heavy atom. The van der Waals surface area contributed by atoms with Gasteiger partial charge in [-0.1, -0.05) is 34.1 Å². The number of fused-ring (bicyclic) bond motifs is 1. The first-order valence-corrected chi connectivity index (χ1v) is 9.59. The summed E-state index contributed by atoms with van der Waals surface area (Å²) in [6.07, 6.45) is 0. The van der Waals surface area contributed by atoms with Gasteiger partial charge in [0.2, 0.25) is 0 Å². The molecule has 0 saturated carbocycles. The van der Waals surface area contributed by atoms with Gasteiger partial charge in [0.25, 0.3) is 5.91 Å². The molecule has 7 heteroatoms. The summed E-state index contributed by atoms with van der Waals surface area (Å²) in [6, 6.07) is 15.6. The van der Waals surface area contributed by atoms with Gasteiger partial charge in [-0.3, -0.25) is 4.79 Å². The number of carbonyl (C=O) groups is 2. The van der Waals surface area contributed by atoms with E-state index < -0.39 is 18.4 Å². The first kappa shape index (κ1) is 20.8. The smallest absolute Gasteiger partial charge is 0.341 e. The molecule has 0 aliphatic rings. The lowest BCUT2D eigenvalue weighted by atomic mass is 10.1. The van der Waals surface area contributed by atoms with E-state index in [1.807, 2.05) is 36.4 Å². The fraction of sp³-hybridized carbons (Fsp3) is 0.182. The molecule has 5 nitrogen and oxygen atoms in total. The number of rotatable bonds is 6. The second kappa shape index (κ2) is 9.05. The number of esters is 1. The van der Waals surface area contributed by atoms with E-state index in [0.29, 0.717) is 11.0 Å². The molecule has 3 aromatic carbocycles. The van der Waals surface area contributed by atoms with E-state index in [1.54, 1.807) is 14.2 Å². The van der Waals surface area contributed by atoms with Crippen molar-refractivity contribution >= 4 is 38.6 Å². The average molecular weight is 460 g/mol. The average Bonchev–Trinajstić information content (AvgIpc) is 2.71. The highest BCUT2D eigenvalue weighted by Gasteiger charge is 2.17. The van der Waals surface area contributed by atoms with E-state index >= 15 is 0 Å². The highest BCUT2D eigenvalue weighted by Crippen LogP contribution is 2.22. The zero-order chi connectivity index (χ0) is 21.0. The highest BCUT2D eigenvalue weighted by molar-refractivity contribution is 9.10. The molecule has 3 aromatic rings. The van der Waals surface area contributed by atoms with Crippen molar-refractivity contribution in [2.75, 3.05) is 20.8 Å². The maximum absolute atomic E-state index is 13.8. The number of benzene rings is 3. The van der Waals surface area contributed by atoms with Crippen molar-refractivity contribution in [1.29, 1.82) is 0 Å². The zero-order valence-electron chi connectivity index (χ0n) is 15.9. The maximum Gasteiger partial charge on any atom is 0.341 e. The van der Waals surface area contributed by atoms with Gasteiger partial charge < -0.3 is 14.4 Å². The Balaban J connectivity index is 1.60. The third-order valence-electron chi connectivity index (χ3n) is 4.44. The van der Waals surface area contributed by atoms with Gasteiger partial charge in [-0.2, -0.15) is 0 Å². The zero-order valence-corrected chi connectivity index (χ0v) is 17.5. The first-order valence-electron chi connectivity index (χ1n) is 8.80. The number of nitrogens with zero attached hydrogens (tertiary/aromatic N) is 1. The molecule has 0 N–H and O–H groups in total. The van der Waals surface area contributed by atoms with Crippen molar-refractivity contribution in [3.05, 3.63) is 76.0 Å². The van der Waals surface area contributed by atoms with Crippen molar-refractivity contribution in [1.82, 2.24) is 4.90 Å². The predicted molar refractivity (Wildman–Crippen MR) is 111 cm³/mol. The molecule has 0 bridgehead atoms. The first-order chi connectivity index (χ1) is 13.9. The molecule has 0 aromatic heterocycles. The Bertz CT molecular complexity index is 1070. The molecule has 1 amide bonds. The molecule has 0 atom stereocenters. The van der Waals surface area contributed by atoms with Crippen LogP contribution in [0.25, 0.3) is 10.8 Å². The molecule has 0 saturated heterocycles. The van der Waals surface area contributed by atoms with Gasteiger partial charge in [0, 0.05) is 18.1 Å². The number of halogens is 2. The van der Waals surface area contributed by atoms with Crippen LogP contribution in [-0.2, 0) is 16.1 Å². The molecular formula is C22H19BrFNO4. The van der Waals surface area contributed by atoms with E-state index in [-0.39, 0.29) is 11.5 Å². The largest absolute Gasteiger partial charge is 0.497 e. The van der Waals surface area contributed by atoms with E-state index in [4.69, 9.17) is 9.47 Å². The molecule has 0 fully saturated rings. The number of ether oxygens (including phenoxy) is 2. The monoisotopic (exact) mass is 459 g/mol. The van der Waals surface area contributed by atoms with Crippen molar-refractivity contribution in [3.63, 3.8) is 0 Å². The predicted octanol–water partition coefficient (Wildman–Crippen LogP) is 4.57. The minimum Gasteiger partial charge on any atom is -0.497 e. The molecule has 150 valence electrons. The lowest BCUT2D eigenvalue weighted by Gasteiger charge is -2.17. The molecular weight excluding hydrogens is 441 g/mol. The fourth-order valence-electron chi connectivity index (χ4n) is 2.83. The lowest BCUT2D eigenvalue weighted by molar-refractivity contribution is -0.133. The minimum atomic E-state index is -0.878. The number of hydrogen-bond acceptors (Lipinski definition) is 4. The third kappa shape index (κ3) is 5.12. The molecule has 0 unspecified atom stereocenters. The molecule has 0 heterocycles. The second-order valence-corrected chi connectivity index (χ2v) is 7.41. The van der Waals surface area contributed by atoms with Crippen LogP contribution in [0.1, 0.15) is 15.9 Å². The van der Waals surface area contributed by atoms with Crippen LogP contribution >= 0.6 is 15.9 Å². The van der Waals surface area contributed by atoms with E-state index in [1.165, 1.54) is 23.1 Å². The van der Waals surface area contributed by atoms with E-state index in [9.17, 15) is 14.0 Å². The SMILES string of the molecule is COc1ccc2cc(CN(C)C(=O)COC(=O)c3ccc(Br)cc3F)ccc2c1. The molecule has 0 spiro atoms. The topological polar surface area (TPSA) is 55.8 Å². The Morgan fingerprint density at radius 3 is 2.48 bits per heavy atom. The standard InChI is InChI=1S/C22H19BrFNO4/c1-25(12-14-3-4-16-10-18(28-2)7-5-15(16)9-14)21(26)13-29-22(27)19-8-6-17(23)11-20(19)24/h3-11H,12-13H2,1-2H3. The highest BCUT2D eigenvalue weighted by atomic mass is 79.9. The number of hydrogen-bond donors (Lipinski definition) is 0. The van der Waals surface area contributed by atoms with E-state index in [2.05, 4.69) is 15.9 Å². The summed E-state index contributed by atoms with van der Waals surface area (Å²) in [5.41, 5.74) is 0.720.